The summed E-state index contributed by atoms with van der Waals surface area (Å²) in [6.45, 7) is 6.90. The normalized spacial score (nSPS) is 31.3. The van der Waals surface area contributed by atoms with Crippen LogP contribution in [0.1, 0.15) is 25.7 Å². The monoisotopic (exact) mass is 282 g/mol. The van der Waals surface area contributed by atoms with Gasteiger partial charge in [0.05, 0.1) is 12.1 Å². The zero-order valence-electron chi connectivity index (χ0n) is 12.2. The smallest absolute Gasteiger partial charge is 0.150 e. The summed E-state index contributed by atoms with van der Waals surface area (Å²) in [6, 6.07) is 0. The van der Waals surface area contributed by atoms with Crippen molar-refractivity contribution < 1.29 is 14.3 Å². The minimum absolute atomic E-state index is 0.0692. The minimum Gasteiger partial charge on any atom is -0.381 e. The molecule has 0 bridgehead atoms. The van der Waals surface area contributed by atoms with E-state index in [1.807, 2.05) is 0 Å². The molecule has 0 aliphatic carbocycles. The number of nitrogens with zero attached hydrogens (tertiary/aromatic N) is 1. The van der Waals surface area contributed by atoms with Gasteiger partial charge in [0.15, 0.2) is 0 Å². The highest BCUT2D eigenvalue weighted by Crippen LogP contribution is 2.37. The highest BCUT2D eigenvalue weighted by Gasteiger charge is 2.41. The molecule has 0 saturated carbocycles. The molecule has 1 N–H and O–H groups in total. The molecule has 0 aromatic heterocycles. The first kappa shape index (κ1) is 14.4. The van der Waals surface area contributed by atoms with Crippen LogP contribution >= 0.6 is 0 Å². The predicted octanol–water partition coefficient (Wildman–Crippen LogP) is 0.437. The summed E-state index contributed by atoms with van der Waals surface area (Å²) in [5.41, 5.74) is -0.0692. The summed E-state index contributed by atoms with van der Waals surface area (Å²) in [6.07, 6.45) is 3.70. The van der Waals surface area contributed by atoms with E-state index in [2.05, 4.69) is 10.2 Å². The summed E-state index contributed by atoms with van der Waals surface area (Å²) in [5, 5.41) is 3.33. The molecule has 114 valence electrons. The molecule has 3 aliphatic rings. The lowest BCUT2D eigenvalue weighted by Gasteiger charge is -2.43. The van der Waals surface area contributed by atoms with Crippen molar-refractivity contribution in [1.29, 1.82) is 0 Å². The van der Waals surface area contributed by atoms with Gasteiger partial charge >= 0.3 is 0 Å². The van der Waals surface area contributed by atoms with Crippen molar-refractivity contribution in [2.75, 3.05) is 52.5 Å². The lowest BCUT2D eigenvalue weighted by molar-refractivity contribution is -0.157. The largest absolute Gasteiger partial charge is 0.381 e. The maximum Gasteiger partial charge on any atom is 0.150 e. The van der Waals surface area contributed by atoms with Crippen molar-refractivity contribution in [1.82, 2.24) is 10.2 Å². The Morgan fingerprint density at radius 1 is 1.20 bits per heavy atom. The number of nitrogens with one attached hydrogen (secondary N) is 1. The second-order valence-corrected chi connectivity index (χ2v) is 6.33. The van der Waals surface area contributed by atoms with E-state index in [1.165, 1.54) is 0 Å². The summed E-state index contributed by atoms with van der Waals surface area (Å²) in [5.74, 6) is 0.609. The maximum absolute atomic E-state index is 12.5. The first-order chi connectivity index (χ1) is 9.77. The lowest BCUT2D eigenvalue weighted by atomic mass is 9.79. The van der Waals surface area contributed by atoms with Crippen LogP contribution in [0.15, 0.2) is 0 Å². The highest BCUT2D eigenvalue weighted by molar-refractivity contribution is 5.83. The van der Waals surface area contributed by atoms with Gasteiger partial charge < -0.3 is 14.8 Å². The molecule has 20 heavy (non-hydrogen) atoms. The summed E-state index contributed by atoms with van der Waals surface area (Å²) < 4.78 is 11.5. The Labute approximate surface area is 121 Å². The molecule has 0 radical (unpaired) electrons. The van der Waals surface area contributed by atoms with Crippen LogP contribution in [-0.2, 0) is 14.3 Å². The van der Waals surface area contributed by atoms with E-state index in [0.29, 0.717) is 12.3 Å². The fourth-order valence-corrected chi connectivity index (χ4v) is 3.61. The van der Waals surface area contributed by atoms with Gasteiger partial charge in [0.2, 0.25) is 0 Å². The molecule has 0 amide bonds. The van der Waals surface area contributed by atoms with Crippen molar-refractivity contribution in [3.8, 4) is 0 Å². The molecule has 3 aliphatic heterocycles. The van der Waals surface area contributed by atoms with Gasteiger partial charge in [-0.15, -0.1) is 0 Å². The van der Waals surface area contributed by atoms with Gasteiger partial charge in [0.1, 0.15) is 5.78 Å². The van der Waals surface area contributed by atoms with Crippen LogP contribution in [-0.4, -0.2) is 68.8 Å². The summed E-state index contributed by atoms with van der Waals surface area (Å²) in [4.78, 5) is 14.8. The summed E-state index contributed by atoms with van der Waals surface area (Å²) >= 11 is 0. The van der Waals surface area contributed by atoms with Crippen molar-refractivity contribution in [3.63, 3.8) is 0 Å². The van der Waals surface area contributed by atoms with Gasteiger partial charge in [-0.2, -0.15) is 0 Å². The fraction of sp³-hybridized carbons (Fsp3) is 0.933. The van der Waals surface area contributed by atoms with Crippen LogP contribution in [0, 0.1) is 5.92 Å². The lowest BCUT2D eigenvalue weighted by Crippen LogP contribution is -2.49. The van der Waals surface area contributed by atoms with Gasteiger partial charge in [-0.3, -0.25) is 9.69 Å². The Kier molecular flexibility index (Phi) is 4.71. The molecule has 3 rings (SSSR count). The maximum atomic E-state index is 12.5. The zero-order chi connectivity index (χ0) is 13.8. The molecule has 5 heteroatoms. The van der Waals surface area contributed by atoms with Gasteiger partial charge in [0.25, 0.3) is 0 Å². The van der Waals surface area contributed by atoms with E-state index < -0.39 is 0 Å². The SMILES string of the molecule is O=C(CN1CCNCC1)C1CCOC2(CCOCC2)C1. The standard InChI is InChI=1S/C15H26N2O3/c18-14(12-17-6-4-16-5-7-17)13-1-8-20-15(11-13)2-9-19-10-3-15/h13,16H,1-12H2. The number of ketones is 1. The molecule has 1 spiro atoms. The molecule has 3 heterocycles. The van der Waals surface area contributed by atoms with E-state index in [4.69, 9.17) is 9.47 Å². The van der Waals surface area contributed by atoms with Crippen molar-refractivity contribution in [2.24, 2.45) is 5.92 Å². The number of ether oxygens (including phenoxy) is 2. The average Bonchev–Trinajstić information content (AvgIpc) is 2.49. The Balaban J connectivity index is 1.54. The number of hydrogen-bond donors (Lipinski definition) is 1. The number of hydrogen-bond acceptors (Lipinski definition) is 5. The number of Topliss-reactive ketones (excluding diaryl/α,β-unsaturated/α-hetero) is 1. The molecule has 0 aromatic rings. The van der Waals surface area contributed by atoms with E-state index in [0.717, 1.165) is 71.7 Å². The van der Waals surface area contributed by atoms with Gasteiger partial charge in [-0.05, 0) is 25.7 Å². The molecular formula is C15H26N2O3. The number of carbonyl (C=O) groups excluding carboxylic acids is 1. The van der Waals surface area contributed by atoms with Gasteiger partial charge in [-0.25, -0.2) is 0 Å². The molecule has 3 fully saturated rings. The number of piperazine rings is 1. The topological polar surface area (TPSA) is 50.8 Å². The van der Waals surface area contributed by atoms with Crippen LogP contribution in [0.25, 0.3) is 0 Å². The van der Waals surface area contributed by atoms with Gasteiger partial charge in [0, 0.05) is 51.9 Å². The molecule has 1 atom stereocenters. The van der Waals surface area contributed by atoms with Crippen LogP contribution < -0.4 is 5.32 Å². The minimum atomic E-state index is -0.0692. The third-order valence-electron chi connectivity index (χ3n) is 4.94. The fourth-order valence-electron chi connectivity index (χ4n) is 3.61. The van der Waals surface area contributed by atoms with Crippen molar-refractivity contribution in [2.45, 2.75) is 31.3 Å². The van der Waals surface area contributed by atoms with Crippen LogP contribution in [0.2, 0.25) is 0 Å². The van der Waals surface area contributed by atoms with E-state index in [-0.39, 0.29) is 11.5 Å². The molecule has 3 saturated heterocycles. The van der Waals surface area contributed by atoms with Crippen LogP contribution in [0.5, 0.6) is 0 Å². The number of carbonyl (C=O) groups is 1. The van der Waals surface area contributed by atoms with E-state index >= 15 is 0 Å². The Bertz CT molecular complexity index is 331. The average molecular weight is 282 g/mol. The third kappa shape index (κ3) is 3.39. The van der Waals surface area contributed by atoms with Crippen molar-refractivity contribution in [3.05, 3.63) is 0 Å². The Morgan fingerprint density at radius 3 is 2.70 bits per heavy atom. The first-order valence-electron chi connectivity index (χ1n) is 7.95. The van der Waals surface area contributed by atoms with E-state index in [9.17, 15) is 4.79 Å². The van der Waals surface area contributed by atoms with E-state index in [1.54, 1.807) is 0 Å². The first-order valence-corrected chi connectivity index (χ1v) is 7.95. The molecule has 5 nitrogen and oxygen atoms in total. The molecule has 1 unspecified atom stereocenters. The Hall–Kier alpha value is -0.490. The zero-order valence-corrected chi connectivity index (χ0v) is 12.2. The quantitative estimate of drug-likeness (QED) is 0.814. The van der Waals surface area contributed by atoms with Crippen molar-refractivity contribution >= 4 is 5.78 Å². The van der Waals surface area contributed by atoms with Crippen LogP contribution in [0.3, 0.4) is 0 Å². The third-order valence-corrected chi connectivity index (χ3v) is 4.94. The second-order valence-electron chi connectivity index (χ2n) is 6.33. The van der Waals surface area contributed by atoms with Gasteiger partial charge in [-0.1, -0.05) is 0 Å². The predicted molar refractivity (Wildman–Crippen MR) is 75.8 cm³/mol. The molecule has 0 aromatic carbocycles. The summed E-state index contributed by atoms with van der Waals surface area (Å²) in [7, 11) is 0. The second kappa shape index (κ2) is 6.52. The van der Waals surface area contributed by atoms with Crippen LogP contribution in [0.4, 0.5) is 0 Å². The molecular weight excluding hydrogens is 256 g/mol. The number of rotatable bonds is 3. The Morgan fingerprint density at radius 2 is 1.95 bits per heavy atom. The highest BCUT2D eigenvalue weighted by atomic mass is 16.5.